The van der Waals surface area contributed by atoms with Gasteiger partial charge in [-0.15, -0.1) is 0 Å². The van der Waals surface area contributed by atoms with Crippen molar-refractivity contribution in [3.63, 3.8) is 0 Å². The molecule has 1 aliphatic rings. The largest absolute Gasteiger partial charge is 0.399 e. The van der Waals surface area contributed by atoms with Crippen molar-refractivity contribution in [2.24, 2.45) is 5.14 Å². The van der Waals surface area contributed by atoms with Crippen LogP contribution in [0.1, 0.15) is 19.8 Å². The molecule has 106 valence electrons. The molecule has 1 fully saturated rings. The van der Waals surface area contributed by atoms with E-state index in [-0.39, 0.29) is 9.64 Å². The maximum Gasteiger partial charge on any atom is 0.240 e. The van der Waals surface area contributed by atoms with Gasteiger partial charge in [0.15, 0.2) is 0 Å². The van der Waals surface area contributed by atoms with Crippen LogP contribution in [-0.4, -0.2) is 25.5 Å². The number of nitrogens with one attached hydrogen (secondary N) is 1. The number of thioether (sulfide) groups is 1. The van der Waals surface area contributed by atoms with Crippen molar-refractivity contribution in [3.05, 3.63) is 18.2 Å². The van der Waals surface area contributed by atoms with Crippen LogP contribution in [0, 0.1) is 0 Å². The monoisotopic (exact) mass is 301 g/mol. The molecular formula is C12H19N3O2S2. The Bertz CT molecular complexity index is 566. The molecule has 0 bridgehead atoms. The molecule has 1 aromatic carbocycles. The first-order valence-corrected chi connectivity index (χ1v) is 8.64. The number of benzene rings is 1. The van der Waals surface area contributed by atoms with Crippen LogP contribution in [0.2, 0.25) is 0 Å². The highest BCUT2D eigenvalue weighted by Crippen LogP contribution is 2.38. The zero-order valence-electron chi connectivity index (χ0n) is 10.8. The van der Waals surface area contributed by atoms with Crippen LogP contribution in [0.25, 0.3) is 0 Å². The number of rotatable bonds is 4. The lowest BCUT2D eigenvalue weighted by Crippen LogP contribution is -2.28. The second kappa shape index (κ2) is 5.22. The molecule has 1 heterocycles. The molecule has 19 heavy (non-hydrogen) atoms. The van der Waals surface area contributed by atoms with Crippen molar-refractivity contribution >= 4 is 33.2 Å². The first-order chi connectivity index (χ1) is 8.80. The number of nitrogen functional groups attached to an aromatic ring is 1. The van der Waals surface area contributed by atoms with Crippen molar-refractivity contribution in [2.45, 2.75) is 29.4 Å². The van der Waals surface area contributed by atoms with Crippen LogP contribution < -0.4 is 16.2 Å². The Kier molecular flexibility index (Phi) is 3.98. The summed E-state index contributed by atoms with van der Waals surface area (Å²) in [5.74, 6) is 1.15. The van der Waals surface area contributed by atoms with Crippen molar-refractivity contribution < 1.29 is 8.42 Å². The highest BCUT2D eigenvalue weighted by molar-refractivity contribution is 8.00. The average Bonchev–Trinajstić information content (AvgIpc) is 2.74. The number of hydrogen-bond donors (Lipinski definition) is 3. The quantitative estimate of drug-likeness (QED) is 0.734. The van der Waals surface area contributed by atoms with E-state index in [1.807, 2.05) is 11.8 Å². The third-order valence-corrected chi connectivity index (χ3v) is 5.75. The molecule has 5 nitrogen and oxygen atoms in total. The Morgan fingerprint density at radius 3 is 2.79 bits per heavy atom. The number of sulfonamides is 1. The molecule has 1 aromatic rings. The Labute approximate surface area is 118 Å². The molecule has 0 spiro atoms. The van der Waals surface area contributed by atoms with Gasteiger partial charge in [0, 0.05) is 17.0 Å². The van der Waals surface area contributed by atoms with E-state index in [9.17, 15) is 8.42 Å². The second-order valence-corrected chi connectivity index (χ2v) is 8.27. The van der Waals surface area contributed by atoms with Crippen LogP contribution in [0.5, 0.6) is 0 Å². The molecule has 0 aliphatic carbocycles. The smallest absolute Gasteiger partial charge is 0.240 e. The van der Waals surface area contributed by atoms with Crippen LogP contribution in [0.15, 0.2) is 23.1 Å². The van der Waals surface area contributed by atoms with Crippen LogP contribution in [0.4, 0.5) is 11.4 Å². The van der Waals surface area contributed by atoms with Crippen molar-refractivity contribution in [3.8, 4) is 0 Å². The minimum Gasteiger partial charge on any atom is -0.399 e. The SMILES string of the molecule is CC1(CNc2ccc(N)cc2S(N)(=O)=O)CCCS1. The Morgan fingerprint density at radius 1 is 1.47 bits per heavy atom. The van der Waals surface area contributed by atoms with Gasteiger partial charge in [0.25, 0.3) is 0 Å². The van der Waals surface area contributed by atoms with Crippen molar-refractivity contribution in [2.75, 3.05) is 23.3 Å². The summed E-state index contributed by atoms with van der Waals surface area (Å²) >= 11 is 1.91. The van der Waals surface area contributed by atoms with E-state index in [4.69, 9.17) is 10.9 Å². The second-order valence-electron chi connectivity index (χ2n) is 5.06. The maximum atomic E-state index is 11.6. The highest BCUT2D eigenvalue weighted by Gasteiger charge is 2.29. The third-order valence-electron chi connectivity index (χ3n) is 3.27. The Morgan fingerprint density at radius 2 is 2.21 bits per heavy atom. The van der Waals surface area contributed by atoms with Gasteiger partial charge in [0.05, 0.1) is 5.69 Å². The molecule has 1 unspecified atom stereocenters. The summed E-state index contributed by atoms with van der Waals surface area (Å²) in [6.07, 6.45) is 2.33. The van der Waals surface area contributed by atoms with Gasteiger partial charge in [-0.05, 0) is 43.7 Å². The van der Waals surface area contributed by atoms with E-state index in [0.29, 0.717) is 17.9 Å². The summed E-state index contributed by atoms with van der Waals surface area (Å²) in [6, 6.07) is 4.72. The molecule has 0 amide bonds. The maximum absolute atomic E-state index is 11.6. The van der Waals surface area contributed by atoms with Gasteiger partial charge in [-0.1, -0.05) is 0 Å². The summed E-state index contributed by atoms with van der Waals surface area (Å²) in [6.45, 7) is 2.90. The summed E-state index contributed by atoms with van der Waals surface area (Å²) in [5.41, 5.74) is 6.52. The fraction of sp³-hybridized carbons (Fsp3) is 0.500. The molecule has 0 radical (unpaired) electrons. The van der Waals surface area contributed by atoms with Gasteiger partial charge in [-0.25, -0.2) is 13.6 Å². The van der Waals surface area contributed by atoms with Gasteiger partial charge in [0.2, 0.25) is 10.0 Å². The minimum atomic E-state index is -3.77. The third kappa shape index (κ3) is 3.55. The predicted octanol–water partition coefficient (Wildman–Crippen LogP) is 1.61. The lowest BCUT2D eigenvalue weighted by molar-refractivity contribution is 0.597. The topological polar surface area (TPSA) is 98.2 Å². The number of anilines is 2. The minimum absolute atomic E-state index is 0.0547. The number of hydrogen-bond acceptors (Lipinski definition) is 5. The summed E-state index contributed by atoms with van der Waals surface area (Å²) in [5, 5.41) is 8.41. The van der Waals surface area contributed by atoms with Crippen LogP contribution in [-0.2, 0) is 10.0 Å². The molecule has 7 heteroatoms. The Balaban J connectivity index is 2.21. The fourth-order valence-corrected chi connectivity index (χ4v) is 4.17. The van der Waals surface area contributed by atoms with Gasteiger partial charge in [-0.3, -0.25) is 0 Å². The van der Waals surface area contributed by atoms with E-state index in [1.54, 1.807) is 12.1 Å². The lowest BCUT2D eigenvalue weighted by Gasteiger charge is -2.24. The molecule has 2 rings (SSSR count). The predicted molar refractivity (Wildman–Crippen MR) is 80.8 cm³/mol. The van der Waals surface area contributed by atoms with E-state index in [0.717, 1.165) is 12.2 Å². The molecule has 0 aromatic heterocycles. The van der Waals surface area contributed by atoms with Crippen LogP contribution >= 0.6 is 11.8 Å². The van der Waals surface area contributed by atoms with Crippen molar-refractivity contribution in [1.82, 2.24) is 0 Å². The first kappa shape index (κ1) is 14.5. The molecule has 1 atom stereocenters. The zero-order chi connectivity index (χ0) is 14.1. The number of nitrogens with two attached hydrogens (primary N) is 2. The van der Waals surface area contributed by atoms with Gasteiger partial charge in [-0.2, -0.15) is 11.8 Å². The number of primary sulfonamides is 1. The van der Waals surface area contributed by atoms with E-state index in [2.05, 4.69) is 12.2 Å². The fourth-order valence-electron chi connectivity index (χ4n) is 2.18. The summed E-state index contributed by atoms with van der Waals surface area (Å²) in [7, 11) is -3.77. The van der Waals surface area contributed by atoms with Gasteiger partial charge >= 0.3 is 0 Å². The molecule has 0 saturated carbocycles. The van der Waals surface area contributed by atoms with E-state index >= 15 is 0 Å². The normalized spacial score (nSPS) is 23.5. The Hall–Kier alpha value is -0.920. The standard InChI is InChI=1S/C12H19N3O2S2/c1-12(5-2-6-18-12)8-15-10-4-3-9(13)7-11(10)19(14,16)17/h3-4,7,15H,2,5-6,8,13H2,1H3,(H2,14,16,17). The first-order valence-electron chi connectivity index (χ1n) is 6.10. The van der Waals surface area contributed by atoms with Crippen LogP contribution in [0.3, 0.4) is 0 Å². The van der Waals surface area contributed by atoms with Gasteiger partial charge < -0.3 is 11.1 Å². The average molecular weight is 301 g/mol. The molecule has 1 aliphatic heterocycles. The molecular weight excluding hydrogens is 282 g/mol. The van der Waals surface area contributed by atoms with E-state index < -0.39 is 10.0 Å². The highest BCUT2D eigenvalue weighted by atomic mass is 32.2. The molecule has 5 N–H and O–H groups in total. The summed E-state index contributed by atoms with van der Waals surface area (Å²) < 4.78 is 23.3. The van der Waals surface area contributed by atoms with Crippen molar-refractivity contribution in [1.29, 1.82) is 0 Å². The van der Waals surface area contributed by atoms with Gasteiger partial charge in [0.1, 0.15) is 4.90 Å². The molecule has 1 saturated heterocycles. The lowest BCUT2D eigenvalue weighted by atomic mass is 10.1. The zero-order valence-corrected chi connectivity index (χ0v) is 12.5. The summed E-state index contributed by atoms with van der Waals surface area (Å²) in [4.78, 5) is 0.0547. The van der Waals surface area contributed by atoms with E-state index in [1.165, 1.54) is 12.5 Å².